The van der Waals surface area contributed by atoms with Gasteiger partial charge in [0.2, 0.25) is 5.75 Å². The van der Waals surface area contributed by atoms with Crippen LogP contribution >= 0.6 is 12.2 Å². The Morgan fingerprint density at radius 1 is 0.886 bits per heavy atom. The normalized spacial score (nSPS) is 13.8. The molecule has 0 radical (unpaired) electrons. The molecule has 0 spiro atoms. The average Bonchev–Trinajstić information content (AvgIpc) is 2.86. The molecule has 0 unspecified atom stereocenters. The molecule has 0 aliphatic carbocycles. The van der Waals surface area contributed by atoms with Gasteiger partial charge in [-0.05, 0) is 75.9 Å². The maximum Gasteiger partial charge on any atom is 0.257 e. The van der Waals surface area contributed by atoms with Gasteiger partial charge in [-0.2, -0.15) is 0 Å². The van der Waals surface area contributed by atoms with Gasteiger partial charge in [-0.25, -0.2) is 0 Å². The fourth-order valence-corrected chi connectivity index (χ4v) is 4.15. The molecule has 1 aliphatic heterocycles. The van der Waals surface area contributed by atoms with Crippen LogP contribution in [0.25, 0.3) is 0 Å². The number of amides is 1. The van der Waals surface area contributed by atoms with Crippen molar-refractivity contribution in [2.75, 3.05) is 62.8 Å². The summed E-state index contributed by atoms with van der Waals surface area (Å²) >= 11 is 5.39. The van der Waals surface area contributed by atoms with Crippen molar-refractivity contribution in [3.63, 3.8) is 0 Å². The van der Waals surface area contributed by atoms with Crippen LogP contribution in [0.1, 0.15) is 38.1 Å². The zero-order valence-electron chi connectivity index (χ0n) is 21.1. The molecule has 1 saturated heterocycles. The smallest absolute Gasteiger partial charge is 0.257 e. The van der Waals surface area contributed by atoms with Gasteiger partial charge in [0, 0.05) is 43.1 Å². The second-order valence-electron chi connectivity index (χ2n) is 7.98. The van der Waals surface area contributed by atoms with E-state index in [2.05, 4.69) is 39.5 Å². The van der Waals surface area contributed by atoms with Gasteiger partial charge < -0.3 is 29.3 Å². The van der Waals surface area contributed by atoms with Gasteiger partial charge in [0.05, 0.1) is 19.8 Å². The lowest BCUT2D eigenvalue weighted by molar-refractivity contribution is 0.0976. The summed E-state index contributed by atoms with van der Waals surface area (Å²) in [4.78, 5) is 17.8. The SMILES string of the molecule is CCOc1cc(C(=O)NC(=S)Nc2ccc(N3CCN(CC)CC3)cc2)cc(OCC)c1OCC. The number of rotatable bonds is 10. The Bertz CT molecular complexity index is 964. The third-order valence-corrected chi connectivity index (χ3v) is 5.91. The molecule has 1 amide bonds. The number of hydrogen-bond acceptors (Lipinski definition) is 7. The van der Waals surface area contributed by atoms with Crippen LogP contribution in [0, 0.1) is 0 Å². The number of anilines is 2. The van der Waals surface area contributed by atoms with Crippen molar-refractivity contribution in [3.05, 3.63) is 42.0 Å². The fourth-order valence-electron chi connectivity index (χ4n) is 3.94. The standard InChI is InChI=1S/C26H36N4O4S/c1-5-29-13-15-30(16-14-29)21-11-9-20(10-12-21)27-26(35)28-25(31)19-17-22(32-6-2)24(34-8-4)23(18-19)33-7-3/h9-12,17-18H,5-8,13-16H2,1-4H3,(H2,27,28,31,35). The van der Waals surface area contributed by atoms with Crippen molar-refractivity contribution in [3.8, 4) is 17.2 Å². The number of ether oxygens (including phenoxy) is 3. The summed E-state index contributed by atoms with van der Waals surface area (Å²) in [5.41, 5.74) is 2.36. The second-order valence-corrected chi connectivity index (χ2v) is 8.39. The Morgan fingerprint density at radius 2 is 1.46 bits per heavy atom. The van der Waals surface area contributed by atoms with E-state index in [4.69, 9.17) is 26.4 Å². The number of likely N-dealkylation sites (N-methyl/N-ethyl adjacent to an activating group) is 1. The Morgan fingerprint density at radius 3 is 1.97 bits per heavy atom. The third-order valence-electron chi connectivity index (χ3n) is 5.71. The van der Waals surface area contributed by atoms with Gasteiger partial charge in [-0.1, -0.05) is 6.92 Å². The van der Waals surface area contributed by atoms with Crippen LogP contribution in [-0.2, 0) is 0 Å². The molecule has 2 aromatic carbocycles. The molecule has 1 aliphatic rings. The van der Waals surface area contributed by atoms with Crippen molar-refractivity contribution in [1.29, 1.82) is 0 Å². The minimum atomic E-state index is -0.363. The highest BCUT2D eigenvalue weighted by atomic mass is 32.1. The molecule has 0 saturated carbocycles. The quantitative estimate of drug-likeness (QED) is 0.472. The third kappa shape index (κ3) is 7.22. The predicted molar refractivity (Wildman–Crippen MR) is 144 cm³/mol. The Labute approximate surface area is 213 Å². The number of benzene rings is 2. The van der Waals surface area contributed by atoms with Crippen molar-refractivity contribution < 1.29 is 19.0 Å². The summed E-state index contributed by atoms with van der Waals surface area (Å²) < 4.78 is 17.1. The molecule has 2 aromatic rings. The van der Waals surface area contributed by atoms with Gasteiger partial charge >= 0.3 is 0 Å². The Kier molecular flexibility index (Phi) is 9.98. The van der Waals surface area contributed by atoms with E-state index in [1.165, 1.54) is 5.69 Å². The summed E-state index contributed by atoms with van der Waals surface area (Å²) in [7, 11) is 0. The first-order valence-electron chi connectivity index (χ1n) is 12.2. The monoisotopic (exact) mass is 500 g/mol. The Balaban J connectivity index is 1.64. The number of thiocarbonyl (C=S) groups is 1. The topological polar surface area (TPSA) is 75.3 Å². The fraction of sp³-hybridized carbons (Fsp3) is 0.462. The molecule has 0 atom stereocenters. The number of nitrogens with one attached hydrogen (secondary N) is 2. The highest BCUT2D eigenvalue weighted by molar-refractivity contribution is 7.80. The first kappa shape index (κ1) is 26.6. The average molecular weight is 501 g/mol. The largest absolute Gasteiger partial charge is 0.490 e. The van der Waals surface area contributed by atoms with Crippen molar-refractivity contribution in [1.82, 2.24) is 10.2 Å². The van der Waals surface area contributed by atoms with Crippen molar-refractivity contribution in [2.24, 2.45) is 0 Å². The summed E-state index contributed by atoms with van der Waals surface area (Å²) in [6.07, 6.45) is 0. The van der Waals surface area contributed by atoms with Crippen molar-refractivity contribution in [2.45, 2.75) is 27.7 Å². The maximum atomic E-state index is 12.9. The van der Waals surface area contributed by atoms with Gasteiger partial charge in [-0.15, -0.1) is 0 Å². The van der Waals surface area contributed by atoms with E-state index in [0.29, 0.717) is 42.6 Å². The number of hydrogen-bond donors (Lipinski definition) is 2. The molecule has 8 nitrogen and oxygen atoms in total. The minimum absolute atomic E-state index is 0.212. The minimum Gasteiger partial charge on any atom is -0.490 e. The zero-order chi connectivity index (χ0) is 25.2. The number of nitrogens with zero attached hydrogens (tertiary/aromatic N) is 2. The molecule has 0 bridgehead atoms. The first-order chi connectivity index (χ1) is 17.0. The van der Waals surface area contributed by atoms with Crippen LogP contribution in [0.2, 0.25) is 0 Å². The summed E-state index contributed by atoms with van der Waals surface area (Å²) in [6.45, 7) is 14.4. The molecule has 1 fully saturated rings. The van der Waals surface area contributed by atoms with Crippen LogP contribution in [0.4, 0.5) is 11.4 Å². The molecule has 190 valence electrons. The molecule has 9 heteroatoms. The predicted octanol–water partition coefficient (Wildman–Crippen LogP) is 4.15. The summed E-state index contributed by atoms with van der Waals surface area (Å²) in [5, 5.41) is 6.04. The summed E-state index contributed by atoms with van der Waals surface area (Å²) in [5.74, 6) is 1.04. The van der Waals surface area contributed by atoms with E-state index in [0.717, 1.165) is 38.4 Å². The highest BCUT2D eigenvalue weighted by Gasteiger charge is 2.19. The second kappa shape index (κ2) is 13.2. The molecule has 35 heavy (non-hydrogen) atoms. The van der Waals surface area contributed by atoms with Crippen LogP contribution in [0.5, 0.6) is 17.2 Å². The molecule has 3 rings (SSSR count). The van der Waals surface area contributed by atoms with Gasteiger partial charge in [-0.3, -0.25) is 10.1 Å². The molecule has 2 N–H and O–H groups in total. The van der Waals surface area contributed by atoms with Gasteiger partial charge in [0.25, 0.3) is 5.91 Å². The van der Waals surface area contributed by atoms with Crippen LogP contribution in [-0.4, -0.2) is 68.5 Å². The van der Waals surface area contributed by atoms with Crippen LogP contribution in [0.3, 0.4) is 0 Å². The number of carbonyl (C=O) groups excluding carboxylic acids is 1. The number of piperazine rings is 1. The van der Waals surface area contributed by atoms with Crippen LogP contribution in [0.15, 0.2) is 36.4 Å². The lowest BCUT2D eigenvalue weighted by Crippen LogP contribution is -2.46. The van der Waals surface area contributed by atoms with E-state index in [1.54, 1.807) is 12.1 Å². The van der Waals surface area contributed by atoms with Crippen LogP contribution < -0.4 is 29.7 Å². The molecular formula is C26H36N4O4S. The van der Waals surface area contributed by atoms with E-state index >= 15 is 0 Å². The van der Waals surface area contributed by atoms with Gasteiger partial charge in [0.1, 0.15) is 0 Å². The van der Waals surface area contributed by atoms with E-state index in [-0.39, 0.29) is 11.0 Å². The van der Waals surface area contributed by atoms with E-state index < -0.39 is 0 Å². The molecule has 1 heterocycles. The lowest BCUT2D eigenvalue weighted by atomic mass is 10.1. The lowest BCUT2D eigenvalue weighted by Gasteiger charge is -2.35. The molecular weight excluding hydrogens is 464 g/mol. The highest BCUT2D eigenvalue weighted by Crippen LogP contribution is 2.39. The maximum absolute atomic E-state index is 12.9. The zero-order valence-corrected chi connectivity index (χ0v) is 21.9. The summed E-state index contributed by atoms with van der Waals surface area (Å²) in [6, 6.07) is 11.4. The van der Waals surface area contributed by atoms with Crippen molar-refractivity contribution >= 4 is 34.6 Å². The van der Waals surface area contributed by atoms with Gasteiger partial charge in [0.15, 0.2) is 16.6 Å². The first-order valence-corrected chi connectivity index (χ1v) is 12.7. The molecule has 0 aromatic heterocycles. The number of carbonyl (C=O) groups is 1. The van der Waals surface area contributed by atoms with E-state index in [1.807, 2.05) is 32.9 Å². The Hall–Kier alpha value is -3.04. The van der Waals surface area contributed by atoms with E-state index in [9.17, 15) is 4.79 Å².